The van der Waals surface area contributed by atoms with Crippen molar-refractivity contribution >= 4 is 7.82 Å². The first-order chi connectivity index (χ1) is 13.5. The largest absolute Gasteiger partial charge is 0.469 e. The molecule has 1 fully saturated rings. The lowest BCUT2D eigenvalue weighted by Crippen LogP contribution is -2.18. The van der Waals surface area contributed by atoms with Gasteiger partial charge in [-0.1, -0.05) is 70.4 Å². The maximum absolute atomic E-state index is 10.7. The first-order valence-electron chi connectivity index (χ1n) is 11.1. The Kier molecular flexibility index (Phi) is 15.3. The van der Waals surface area contributed by atoms with Crippen LogP contribution in [0, 0.1) is 0 Å². The van der Waals surface area contributed by atoms with Crippen LogP contribution in [0.1, 0.15) is 96.8 Å². The van der Waals surface area contributed by atoms with Crippen LogP contribution in [-0.4, -0.2) is 35.4 Å². The van der Waals surface area contributed by atoms with Crippen molar-refractivity contribution in [3.8, 4) is 0 Å². The molecule has 7 heteroatoms. The molecular formula is C21H41O6P. The first kappa shape index (κ1) is 25.8. The third-order valence-electron chi connectivity index (χ3n) is 4.94. The van der Waals surface area contributed by atoms with Crippen LogP contribution < -0.4 is 0 Å². The lowest BCUT2D eigenvalue weighted by atomic mass is 10.1. The fourth-order valence-electron chi connectivity index (χ4n) is 3.31. The number of phosphoric ester groups is 1. The van der Waals surface area contributed by atoms with E-state index in [0.29, 0.717) is 6.61 Å². The van der Waals surface area contributed by atoms with Crippen molar-refractivity contribution in [3.05, 3.63) is 12.2 Å². The standard InChI is InChI=1S/C21H41O6P/c1-2-3-4-5-6-7-8-9-10-11-12-13-14-15-16-17-21-25-18-20(27-21)19-26-28(22,23)24/h9-10,20-21H,2-8,11-19H2,1H3,(H2,22,23,24)/b10-9-/t20?,21-/m1/s1. The Morgan fingerprint density at radius 1 is 0.929 bits per heavy atom. The maximum Gasteiger partial charge on any atom is 0.469 e. The molecule has 0 amide bonds. The van der Waals surface area contributed by atoms with E-state index in [4.69, 9.17) is 19.3 Å². The minimum absolute atomic E-state index is 0.132. The average Bonchev–Trinajstić information content (AvgIpc) is 3.10. The van der Waals surface area contributed by atoms with Crippen LogP contribution in [0.15, 0.2) is 12.2 Å². The van der Waals surface area contributed by atoms with Crippen LogP contribution in [0.3, 0.4) is 0 Å². The Labute approximate surface area is 171 Å². The van der Waals surface area contributed by atoms with Gasteiger partial charge in [-0.25, -0.2) is 4.57 Å². The van der Waals surface area contributed by atoms with Crippen molar-refractivity contribution in [1.82, 2.24) is 0 Å². The van der Waals surface area contributed by atoms with E-state index in [1.165, 1.54) is 70.6 Å². The summed E-state index contributed by atoms with van der Waals surface area (Å²) in [5, 5.41) is 0. The molecular weight excluding hydrogens is 379 g/mol. The molecule has 6 nitrogen and oxygen atoms in total. The Bertz CT molecular complexity index is 437. The van der Waals surface area contributed by atoms with Gasteiger partial charge in [0, 0.05) is 0 Å². The molecule has 1 rings (SSSR count). The van der Waals surface area contributed by atoms with E-state index in [1.54, 1.807) is 0 Å². The zero-order chi connectivity index (χ0) is 20.5. The number of hydrogen-bond donors (Lipinski definition) is 2. The average molecular weight is 421 g/mol. The number of allylic oxidation sites excluding steroid dienone is 2. The van der Waals surface area contributed by atoms with Crippen molar-refractivity contribution in [2.45, 2.75) is 109 Å². The highest BCUT2D eigenvalue weighted by atomic mass is 31.2. The second-order valence-electron chi connectivity index (χ2n) is 7.68. The summed E-state index contributed by atoms with van der Waals surface area (Å²) in [6.07, 6.45) is 21.4. The Balaban J connectivity index is 1.83. The number of rotatable bonds is 18. The first-order valence-corrected chi connectivity index (χ1v) is 12.7. The number of phosphoric acid groups is 1. The molecule has 1 aliphatic heterocycles. The second-order valence-corrected chi connectivity index (χ2v) is 8.92. The molecule has 1 saturated heterocycles. The molecule has 0 spiro atoms. The molecule has 1 aliphatic rings. The molecule has 0 aromatic carbocycles. The fourth-order valence-corrected chi connectivity index (χ4v) is 3.67. The quantitative estimate of drug-likeness (QED) is 0.164. The predicted octanol–water partition coefficient (Wildman–Crippen LogP) is 5.87. The Morgan fingerprint density at radius 2 is 1.50 bits per heavy atom. The molecule has 0 saturated carbocycles. The van der Waals surface area contributed by atoms with E-state index in [-0.39, 0.29) is 19.0 Å². The zero-order valence-electron chi connectivity index (χ0n) is 17.6. The van der Waals surface area contributed by atoms with Crippen LogP contribution in [0.25, 0.3) is 0 Å². The van der Waals surface area contributed by atoms with E-state index in [0.717, 1.165) is 19.3 Å². The Hall–Kier alpha value is -0.230. The number of ether oxygens (including phenoxy) is 2. The molecule has 1 unspecified atom stereocenters. The molecule has 1 heterocycles. The molecule has 2 N–H and O–H groups in total. The molecule has 0 radical (unpaired) electrons. The summed E-state index contributed by atoms with van der Waals surface area (Å²) >= 11 is 0. The van der Waals surface area contributed by atoms with Crippen LogP contribution in [0.2, 0.25) is 0 Å². The van der Waals surface area contributed by atoms with Crippen molar-refractivity contribution in [2.75, 3.05) is 13.2 Å². The highest BCUT2D eigenvalue weighted by molar-refractivity contribution is 7.46. The molecule has 2 atom stereocenters. The number of unbranched alkanes of at least 4 members (excludes halogenated alkanes) is 11. The summed E-state index contributed by atoms with van der Waals surface area (Å²) in [5.74, 6) is 0. The lowest BCUT2D eigenvalue weighted by molar-refractivity contribution is -0.0698. The molecule has 0 aromatic rings. The van der Waals surface area contributed by atoms with E-state index in [2.05, 4.69) is 23.6 Å². The van der Waals surface area contributed by atoms with E-state index >= 15 is 0 Å². The summed E-state index contributed by atoms with van der Waals surface area (Å²) in [6.45, 7) is 2.45. The zero-order valence-corrected chi connectivity index (χ0v) is 18.5. The molecule has 0 aliphatic carbocycles. The lowest BCUT2D eigenvalue weighted by Gasteiger charge is -2.12. The van der Waals surface area contributed by atoms with Gasteiger partial charge in [-0.3, -0.25) is 4.52 Å². The molecule has 166 valence electrons. The highest BCUT2D eigenvalue weighted by Crippen LogP contribution is 2.36. The van der Waals surface area contributed by atoms with Gasteiger partial charge in [0.05, 0.1) is 13.2 Å². The van der Waals surface area contributed by atoms with E-state index in [9.17, 15) is 4.57 Å². The summed E-state index contributed by atoms with van der Waals surface area (Å²) in [7, 11) is -4.43. The van der Waals surface area contributed by atoms with Crippen molar-refractivity contribution in [2.24, 2.45) is 0 Å². The van der Waals surface area contributed by atoms with Crippen LogP contribution in [0.4, 0.5) is 0 Å². The van der Waals surface area contributed by atoms with Crippen LogP contribution in [-0.2, 0) is 18.6 Å². The van der Waals surface area contributed by atoms with Crippen molar-refractivity contribution < 1.29 is 28.3 Å². The van der Waals surface area contributed by atoms with Gasteiger partial charge in [0.25, 0.3) is 0 Å². The normalized spacial score (nSPS) is 20.4. The van der Waals surface area contributed by atoms with Crippen LogP contribution >= 0.6 is 7.82 Å². The van der Waals surface area contributed by atoms with Gasteiger partial charge in [-0.15, -0.1) is 0 Å². The summed E-state index contributed by atoms with van der Waals surface area (Å²) < 4.78 is 26.2. The second kappa shape index (κ2) is 16.6. The third kappa shape index (κ3) is 15.7. The van der Waals surface area contributed by atoms with Gasteiger partial charge in [0.15, 0.2) is 6.29 Å². The predicted molar refractivity (Wildman–Crippen MR) is 112 cm³/mol. The van der Waals surface area contributed by atoms with Gasteiger partial charge < -0.3 is 19.3 Å². The molecule has 28 heavy (non-hydrogen) atoms. The summed E-state index contributed by atoms with van der Waals surface area (Å²) in [4.78, 5) is 17.4. The number of hydrogen-bond acceptors (Lipinski definition) is 4. The van der Waals surface area contributed by atoms with Gasteiger partial charge in [0.2, 0.25) is 0 Å². The fraction of sp³-hybridized carbons (Fsp3) is 0.905. The van der Waals surface area contributed by atoms with Crippen molar-refractivity contribution in [1.29, 1.82) is 0 Å². The highest BCUT2D eigenvalue weighted by Gasteiger charge is 2.28. The van der Waals surface area contributed by atoms with Gasteiger partial charge in [-0.2, -0.15) is 0 Å². The third-order valence-corrected chi connectivity index (χ3v) is 5.43. The summed E-state index contributed by atoms with van der Waals surface area (Å²) in [6, 6.07) is 0. The van der Waals surface area contributed by atoms with Gasteiger partial charge >= 0.3 is 7.82 Å². The Morgan fingerprint density at radius 3 is 2.11 bits per heavy atom. The van der Waals surface area contributed by atoms with Crippen molar-refractivity contribution in [3.63, 3.8) is 0 Å². The van der Waals surface area contributed by atoms with Crippen LogP contribution in [0.5, 0.6) is 0 Å². The smallest absolute Gasteiger partial charge is 0.350 e. The minimum atomic E-state index is -4.43. The van der Waals surface area contributed by atoms with E-state index in [1.807, 2.05) is 0 Å². The topological polar surface area (TPSA) is 85.2 Å². The van der Waals surface area contributed by atoms with Gasteiger partial charge in [0.1, 0.15) is 6.10 Å². The van der Waals surface area contributed by atoms with Gasteiger partial charge in [-0.05, 0) is 38.5 Å². The maximum atomic E-state index is 10.7. The summed E-state index contributed by atoms with van der Waals surface area (Å²) in [5.41, 5.74) is 0. The molecule has 0 bridgehead atoms. The minimum Gasteiger partial charge on any atom is -0.350 e. The van der Waals surface area contributed by atoms with E-state index < -0.39 is 7.82 Å². The molecule has 0 aromatic heterocycles. The SMILES string of the molecule is CCCCCCCC/C=C\CCCCCCC[C@@H]1OCC(COP(=O)(O)O)O1. The monoisotopic (exact) mass is 420 g/mol.